The number of nitrogens with one attached hydrogen (secondary N) is 2. The monoisotopic (exact) mass is 440 g/mol. The van der Waals surface area contributed by atoms with Crippen LogP contribution in [-0.2, 0) is 6.54 Å². The van der Waals surface area contributed by atoms with Crippen LogP contribution >= 0.6 is 0 Å². The molecule has 5 rings (SSSR count). The number of amides is 1. The van der Waals surface area contributed by atoms with Crippen LogP contribution in [0.15, 0.2) is 85.1 Å². The van der Waals surface area contributed by atoms with Gasteiger partial charge in [-0.25, -0.2) is 9.07 Å². The molecule has 4 aromatic rings. The maximum atomic E-state index is 13.3. The molecule has 1 aromatic heterocycles. The number of hydrogen-bond acceptors (Lipinski definition) is 3. The second-order valence-corrected chi connectivity index (χ2v) is 8.39. The first kappa shape index (κ1) is 20.9. The predicted molar refractivity (Wildman–Crippen MR) is 127 cm³/mol. The lowest BCUT2D eigenvalue weighted by Gasteiger charge is -2.31. The molecule has 2 heterocycles. The minimum absolute atomic E-state index is 0.121. The number of nitrogens with zero attached hydrogens (tertiary/aromatic N) is 2. The lowest BCUT2D eigenvalue weighted by atomic mass is 9.98. The molecule has 0 bridgehead atoms. The number of halogens is 1. The maximum absolute atomic E-state index is 13.3. The molecular formula is C27H25FN4O. The normalized spacial score (nSPS) is 17.2. The smallest absolute Gasteiger partial charge is 0.256 e. The molecule has 3 aromatic carbocycles. The number of fused-ring (bicyclic) bond motifs is 1. The average Bonchev–Trinajstić information content (AvgIpc) is 3.29. The van der Waals surface area contributed by atoms with Crippen LogP contribution in [0.25, 0.3) is 11.1 Å². The molecule has 2 unspecified atom stereocenters. The van der Waals surface area contributed by atoms with E-state index in [0.29, 0.717) is 12.1 Å². The third-order valence-electron chi connectivity index (χ3n) is 6.16. The van der Waals surface area contributed by atoms with Gasteiger partial charge < -0.3 is 10.6 Å². The van der Waals surface area contributed by atoms with Crippen LogP contribution < -0.4 is 10.6 Å². The zero-order valence-corrected chi connectivity index (χ0v) is 18.3. The van der Waals surface area contributed by atoms with Gasteiger partial charge in [0.15, 0.2) is 0 Å². The highest BCUT2D eigenvalue weighted by atomic mass is 19.1. The van der Waals surface area contributed by atoms with Gasteiger partial charge in [-0.2, -0.15) is 5.10 Å². The van der Waals surface area contributed by atoms with E-state index in [9.17, 15) is 9.18 Å². The number of carbonyl (C=O) groups is 1. The van der Waals surface area contributed by atoms with Gasteiger partial charge in [0.25, 0.3) is 5.91 Å². The van der Waals surface area contributed by atoms with Crippen molar-refractivity contribution in [1.29, 1.82) is 0 Å². The molecule has 0 saturated heterocycles. The zero-order valence-electron chi connectivity index (χ0n) is 18.3. The summed E-state index contributed by atoms with van der Waals surface area (Å²) in [5, 5.41) is 11.0. The summed E-state index contributed by atoms with van der Waals surface area (Å²) in [6, 6.07) is 24.8. The first-order chi connectivity index (χ1) is 16.1. The number of benzene rings is 3. The molecule has 0 fully saturated rings. The second kappa shape index (κ2) is 8.90. The summed E-state index contributed by atoms with van der Waals surface area (Å²) >= 11 is 0. The Morgan fingerprint density at radius 1 is 1.06 bits per heavy atom. The Hall–Kier alpha value is -3.93. The SMILES string of the molecule is CC1CC(c2ccccc2)Nc2c(C(=O)NCc3ccccc3-c3ccc(F)cc3)cnn21. The third kappa shape index (κ3) is 4.24. The molecule has 1 aliphatic rings. The van der Waals surface area contributed by atoms with Gasteiger partial charge in [0.2, 0.25) is 0 Å². The van der Waals surface area contributed by atoms with Crippen LogP contribution in [0.5, 0.6) is 0 Å². The van der Waals surface area contributed by atoms with Crippen molar-refractivity contribution in [3.8, 4) is 11.1 Å². The molecule has 0 spiro atoms. The van der Waals surface area contributed by atoms with Gasteiger partial charge in [0.1, 0.15) is 17.2 Å². The van der Waals surface area contributed by atoms with Crippen LogP contribution in [0.1, 0.15) is 46.9 Å². The van der Waals surface area contributed by atoms with Crippen LogP contribution in [0, 0.1) is 5.82 Å². The van der Waals surface area contributed by atoms with E-state index in [0.717, 1.165) is 28.9 Å². The van der Waals surface area contributed by atoms with E-state index in [-0.39, 0.29) is 23.8 Å². The Balaban J connectivity index is 1.35. The lowest BCUT2D eigenvalue weighted by Crippen LogP contribution is -2.28. The van der Waals surface area contributed by atoms with Gasteiger partial charge in [-0.15, -0.1) is 0 Å². The molecule has 2 N–H and O–H groups in total. The summed E-state index contributed by atoms with van der Waals surface area (Å²) in [7, 11) is 0. The minimum Gasteiger partial charge on any atom is -0.363 e. The maximum Gasteiger partial charge on any atom is 0.256 e. The van der Waals surface area contributed by atoms with Gasteiger partial charge in [-0.05, 0) is 47.7 Å². The van der Waals surface area contributed by atoms with Crippen LogP contribution in [0.3, 0.4) is 0 Å². The lowest BCUT2D eigenvalue weighted by molar-refractivity contribution is 0.0951. The van der Waals surface area contributed by atoms with E-state index in [1.165, 1.54) is 17.7 Å². The minimum atomic E-state index is -0.272. The van der Waals surface area contributed by atoms with Gasteiger partial charge >= 0.3 is 0 Å². The Kier molecular flexibility index (Phi) is 5.65. The average molecular weight is 441 g/mol. The third-order valence-corrected chi connectivity index (χ3v) is 6.16. The molecular weight excluding hydrogens is 415 g/mol. The summed E-state index contributed by atoms with van der Waals surface area (Å²) in [4.78, 5) is 13.1. The number of carbonyl (C=O) groups excluding carboxylic acids is 1. The summed E-state index contributed by atoms with van der Waals surface area (Å²) in [6.07, 6.45) is 2.53. The van der Waals surface area contributed by atoms with E-state index in [2.05, 4.69) is 34.8 Å². The fraction of sp³-hybridized carbons (Fsp3) is 0.185. The van der Waals surface area contributed by atoms with Crippen molar-refractivity contribution in [1.82, 2.24) is 15.1 Å². The zero-order chi connectivity index (χ0) is 22.8. The van der Waals surface area contributed by atoms with Gasteiger partial charge in [-0.3, -0.25) is 4.79 Å². The van der Waals surface area contributed by atoms with E-state index in [1.54, 1.807) is 18.3 Å². The summed E-state index contributed by atoms with van der Waals surface area (Å²) in [6.45, 7) is 2.47. The second-order valence-electron chi connectivity index (χ2n) is 8.39. The highest BCUT2D eigenvalue weighted by molar-refractivity contribution is 5.99. The van der Waals surface area contributed by atoms with Crippen molar-refractivity contribution in [3.05, 3.63) is 108 Å². The molecule has 33 heavy (non-hydrogen) atoms. The van der Waals surface area contributed by atoms with Crippen LogP contribution in [0.4, 0.5) is 10.2 Å². The molecule has 2 atom stereocenters. The highest BCUT2D eigenvalue weighted by Gasteiger charge is 2.29. The van der Waals surface area contributed by atoms with Crippen molar-refractivity contribution >= 4 is 11.7 Å². The van der Waals surface area contributed by atoms with Crippen LogP contribution in [-0.4, -0.2) is 15.7 Å². The molecule has 1 amide bonds. The first-order valence-corrected chi connectivity index (χ1v) is 11.1. The molecule has 0 saturated carbocycles. The summed E-state index contributed by atoms with van der Waals surface area (Å²) in [5.74, 6) is 0.288. The van der Waals surface area contributed by atoms with Crippen molar-refractivity contribution in [2.75, 3.05) is 5.32 Å². The summed E-state index contributed by atoms with van der Waals surface area (Å²) in [5.41, 5.74) is 4.55. The largest absolute Gasteiger partial charge is 0.363 e. The van der Waals surface area contributed by atoms with Crippen molar-refractivity contribution in [2.45, 2.75) is 32.0 Å². The van der Waals surface area contributed by atoms with Crippen molar-refractivity contribution in [3.63, 3.8) is 0 Å². The Labute approximate surface area is 192 Å². The first-order valence-electron chi connectivity index (χ1n) is 11.1. The van der Waals surface area contributed by atoms with Crippen molar-refractivity contribution < 1.29 is 9.18 Å². The van der Waals surface area contributed by atoms with Gasteiger partial charge in [0, 0.05) is 6.54 Å². The summed E-state index contributed by atoms with van der Waals surface area (Å²) < 4.78 is 15.2. The molecule has 166 valence electrons. The van der Waals surface area contributed by atoms with E-state index in [1.807, 2.05) is 47.1 Å². The highest BCUT2D eigenvalue weighted by Crippen LogP contribution is 2.36. The van der Waals surface area contributed by atoms with Gasteiger partial charge in [-0.1, -0.05) is 66.7 Å². The molecule has 1 aliphatic heterocycles. The molecule has 5 nitrogen and oxygen atoms in total. The molecule has 6 heteroatoms. The van der Waals surface area contributed by atoms with Gasteiger partial charge in [0.05, 0.1) is 18.3 Å². The van der Waals surface area contributed by atoms with E-state index in [4.69, 9.17) is 0 Å². The van der Waals surface area contributed by atoms with Crippen LogP contribution in [0.2, 0.25) is 0 Å². The fourth-order valence-electron chi connectivity index (χ4n) is 4.43. The molecule has 0 radical (unpaired) electrons. The fourth-order valence-corrected chi connectivity index (χ4v) is 4.43. The standard InChI is InChI=1S/C27H25FN4O/c1-18-15-25(20-7-3-2-4-8-20)31-26-24(17-30-32(18)26)27(33)29-16-21-9-5-6-10-23(21)19-11-13-22(28)14-12-19/h2-14,17-18,25,31H,15-16H2,1H3,(H,29,33). The van der Waals surface area contributed by atoms with Crippen molar-refractivity contribution in [2.24, 2.45) is 0 Å². The topological polar surface area (TPSA) is 59.0 Å². The number of rotatable bonds is 5. The Bertz CT molecular complexity index is 1270. The number of aromatic nitrogens is 2. The Morgan fingerprint density at radius 3 is 2.58 bits per heavy atom. The number of anilines is 1. The predicted octanol–water partition coefficient (Wildman–Crippen LogP) is 5.74. The van der Waals surface area contributed by atoms with E-state index < -0.39 is 0 Å². The molecule has 0 aliphatic carbocycles. The quantitative estimate of drug-likeness (QED) is 0.416. The van der Waals surface area contributed by atoms with E-state index >= 15 is 0 Å². The Morgan fingerprint density at radius 2 is 1.79 bits per heavy atom. The number of hydrogen-bond donors (Lipinski definition) is 2.